The van der Waals surface area contributed by atoms with Crippen molar-refractivity contribution in [1.29, 1.82) is 0 Å². The number of hydrogen-bond donors (Lipinski definition) is 2. The van der Waals surface area contributed by atoms with E-state index >= 15 is 0 Å². The molecule has 1 aliphatic heterocycles. The lowest BCUT2D eigenvalue weighted by Crippen LogP contribution is -2.48. The molecule has 0 bridgehead atoms. The van der Waals surface area contributed by atoms with Crippen LogP contribution in [0.25, 0.3) is 0 Å². The Hall–Kier alpha value is -1.44. The van der Waals surface area contributed by atoms with Gasteiger partial charge in [-0.1, -0.05) is 23.7 Å². The number of nitrogens with zero attached hydrogens (tertiary/aromatic N) is 2. The summed E-state index contributed by atoms with van der Waals surface area (Å²) in [6, 6.07) is 9.79. The summed E-state index contributed by atoms with van der Waals surface area (Å²) in [4.78, 5) is 18.4. The van der Waals surface area contributed by atoms with Crippen LogP contribution in [0.1, 0.15) is 11.6 Å². The van der Waals surface area contributed by atoms with Crippen LogP contribution < -0.4 is 10.6 Å². The van der Waals surface area contributed by atoms with Crippen molar-refractivity contribution in [2.75, 3.05) is 31.5 Å². The summed E-state index contributed by atoms with van der Waals surface area (Å²) < 4.78 is 13.5. The molecule has 2 heterocycles. The van der Waals surface area contributed by atoms with E-state index in [1.54, 1.807) is 18.2 Å². The van der Waals surface area contributed by atoms with E-state index in [9.17, 15) is 9.18 Å². The van der Waals surface area contributed by atoms with Crippen LogP contribution in [0.5, 0.6) is 0 Å². The Kier molecular flexibility index (Phi) is 9.25. The van der Waals surface area contributed by atoms with E-state index in [1.165, 1.54) is 18.3 Å². The second kappa shape index (κ2) is 10.6. The molecule has 0 saturated carbocycles. The molecule has 5 nitrogen and oxygen atoms in total. The fraction of sp³-hybridized carbons (Fsp3) is 0.294. The zero-order chi connectivity index (χ0) is 16.9. The van der Waals surface area contributed by atoms with Crippen molar-refractivity contribution in [3.8, 4) is 0 Å². The largest absolute Gasteiger partial charge is 0.314 e. The smallest absolute Gasteiger partial charge is 0.239 e. The van der Waals surface area contributed by atoms with Crippen LogP contribution in [0.3, 0.4) is 0 Å². The number of carbonyl (C=O) groups is 1. The van der Waals surface area contributed by atoms with Crippen LogP contribution in [-0.4, -0.2) is 42.0 Å². The molecule has 2 N–H and O–H groups in total. The van der Waals surface area contributed by atoms with E-state index in [1.807, 2.05) is 11.0 Å². The van der Waals surface area contributed by atoms with Gasteiger partial charge in [-0.2, -0.15) is 0 Å². The minimum Gasteiger partial charge on any atom is -0.314 e. The van der Waals surface area contributed by atoms with Crippen molar-refractivity contribution < 1.29 is 9.18 Å². The van der Waals surface area contributed by atoms with Crippen molar-refractivity contribution in [2.45, 2.75) is 6.04 Å². The van der Waals surface area contributed by atoms with Crippen molar-refractivity contribution in [2.24, 2.45) is 0 Å². The molecule has 1 saturated heterocycles. The summed E-state index contributed by atoms with van der Waals surface area (Å²) >= 11 is 5.78. The highest BCUT2D eigenvalue weighted by molar-refractivity contribution is 6.30. The highest BCUT2D eigenvalue weighted by atomic mass is 35.5. The minimum atomic E-state index is -0.271. The molecule has 0 aliphatic carbocycles. The molecule has 1 aromatic carbocycles. The Labute approximate surface area is 169 Å². The van der Waals surface area contributed by atoms with Crippen LogP contribution in [0.2, 0.25) is 5.02 Å². The first-order valence-corrected chi connectivity index (χ1v) is 8.11. The maximum Gasteiger partial charge on any atom is 0.239 e. The van der Waals surface area contributed by atoms with E-state index < -0.39 is 0 Å². The molecule has 1 fully saturated rings. The Morgan fingerprint density at radius 1 is 1.35 bits per heavy atom. The van der Waals surface area contributed by atoms with Crippen LogP contribution in [0.4, 0.5) is 10.2 Å². The maximum atomic E-state index is 13.5. The van der Waals surface area contributed by atoms with E-state index in [4.69, 9.17) is 11.6 Å². The highest BCUT2D eigenvalue weighted by Crippen LogP contribution is 2.22. The summed E-state index contributed by atoms with van der Waals surface area (Å²) in [5, 5.41) is 6.56. The fourth-order valence-electron chi connectivity index (χ4n) is 2.79. The lowest BCUT2D eigenvalue weighted by atomic mass is 10.0. The quantitative estimate of drug-likeness (QED) is 0.795. The topological polar surface area (TPSA) is 57.3 Å². The first-order chi connectivity index (χ1) is 11.6. The number of amides is 1. The van der Waals surface area contributed by atoms with Crippen molar-refractivity contribution in [3.05, 3.63) is 59.0 Å². The molecule has 0 radical (unpaired) electrons. The van der Waals surface area contributed by atoms with Gasteiger partial charge in [-0.3, -0.25) is 9.69 Å². The van der Waals surface area contributed by atoms with Gasteiger partial charge < -0.3 is 10.6 Å². The molecule has 2 aromatic rings. The van der Waals surface area contributed by atoms with E-state index in [-0.39, 0.29) is 49.1 Å². The molecule has 1 unspecified atom stereocenters. The molecule has 26 heavy (non-hydrogen) atoms. The van der Waals surface area contributed by atoms with Crippen LogP contribution >= 0.6 is 36.4 Å². The fourth-order valence-corrected chi connectivity index (χ4v) is 2.91. The minimum absolute atomic E-state index is 0. The molecule has 0 spiro atoms. The molecule has 1 aromatic heterocycles. The van der Waals surface area contributed by atoms with Crippen LogP contribution in [-0.2, 0) is 4.79 Å². The van der Waals surface area contributed by atoms with Gasteiger partial charge in [0.05, 0.1) is 11.6 Å². The van der Waals surface area contributed by atoms with E-state index in [0.29, 0.717) is 23.9 Å². The highest BCUT2D eigenvalue weighted by Gasteiger charge is 2.25. The number of hydrogen-bond acceptors (Lipinski definition) is 4. The third-order valence-electron chi connectivity index (χ3n) is 3.93. The first-order valence-electron chi connectivity index (χ1n) is 7.73. The van der Waals surface area contributed by atoms with Crippen molar-refractivity contribution in [1.82, 2.24) is 15.2 Å². The number of piperazine rings is 1. The second-order valence-corrected chi connectivity index (χ2v) is 6.09. The Balaban J connectivity index is 0.00000169. The van der Waals surface area contributed by atoms with E-state index in [0.717, 1.165) is 12.1 Å². The normalized spacial score (nSPS) is 16.9. The number of aromatic nitrogens is 1. The third-order valence-corrected chi connectivity index (χ3v) is 4.15. The van der Waals surface area contributed by atoms with Crippen molar-refractivity contribution in [3.63, 3.8) is 0 Å². The lowest BCUT2D eigenvalue weighted by Gasteiger charge is -2.36. The Morgan fingerprint density at radius 3 is 2.85 bits per heavy atom. The summed E-state index contributed by atoms with van der Waals surface area (Å²) in [5.41, 5.74) is 0.861. The number of pyridine rings is 1. The molecule has 142 valence electrons. The average molecular weight is 422 g/mol. The van der Waals surface area contributed by atoms with Gasteiger partial charge in [0.1, 0.15) is 11.6 Å². The SMILES string of the molecule is Cl.Cl.O=C(CN1CCNCC1c1cccc(F)c1)Nc1ccc(Cl)cn1. The number of nitrogens with one attached hydrogen (secondary N) is 2. The van der Waals surface area contributed by atoms with Gasteiger partial charge in [0, 0.05) is 31.9 Å². The van der Waals surface area contributed by atoms with Gasteiger partial charge in [0.25, 0.3) is 0 Å². The monoisotopic (exact) mass is 420 g/mol. The van der Waals surface area contributed by atoms with Gasteiger partial charge in [-0.25, -0.2) is 9.37 Å². The molecule has 1 aliphatic rings. The number of carbonyl (C=O) groups excluding carboxylic acids is 1. The molecular weight excluding hydrogens is 402 g/mol. The van der Waals surface area contributed by atoms with Gasteiger partial charge in [-0.05, 0) is 29.8 Å². The van der Waals surface area contributed by atoms with Gasteiger partial charge >= 0.3 is 0 Å². The predicted octanol–water partition coefficient (Wildman–Crippen LogP) is 3.30. The number of anilines is 1. The standard InChI is InChI=1S/C17H18ClFN4O.2ClH/c18-13-4-5-16(21-9-13)22-17(24)11-23-7-6-20-10-15(23)12-2-1-3-14(19)8-12;;/h1-5,8-9,15,20H,6-7,10-11H2,(H,21,22,24);2*1H. The molecule has 1 atom stereocenters. The van der Waals surface area contributed by atoms with Crippen LogP contribution in [0, 0.1) is 5.82 Å². The summed E-state index contributed by atoms with van der Waals surface area (Å²) in [6.07, 6.45) is 1.48. The third kappa shape index (κ3) is 6.07. The first kappa shape index (κ1) is 22.6. The Morgan fingerprint density at radius 2 is 2.15 bits per heavy atom. The van der Waals surface area contributed by atoms with E-state index in [2.05, 4.69) is 15.6 Å². The van der Waals surface area contributed by atoms with Crippen LogP contribution in [0.15, 0.2) is 42.6 Å². The van der Waals surface area contributed by atoms with Gasteiger partial charge in [0.2, 0.25) is 5.91 Å². The van der Waals surface area contributed by atoms with Gasteiger partial charge in [-0.15, -0.1) is 24.8 Å². The Bertz CT molecular complexity index is 717. The maximum absolute atomic E-state index is 13.5. The predicted molar refractivity (Wildman–Crippen MR) is 106 cm³/mol. The molecular formula is C17H20Cl3FN4O. The molecule has 9 heteroatoms. The second-order valence-electron chi connectivity index (χ2n) is 5.66. The number of halogens is 4. The summed E-state index contributed by atoms with van der Waals surface area (Å²) in [5.74, 6) is 0.0304. The number of rotatable bonds is 4. The van der Waals surface area contributed by atoms with Crippen molar-refractivity contribution >= 4 is 48.1 Å². The average Bonchev–Trinajstić information content (AvgIpc) is 2.57. The molecule has 3 rings (SSSR count). The lowest BCUT2D eigenvalue weighted by molar-refractivity contribution is -0.118. The summed E-state index contributed by atoms with van der Waals surface area (Å²) in [6.45, 7) is 2.39. The molecule has 1 amide bonds. The zero-order valence-electron chi connectivity index (χ0n) is 13.8. The summed E-state index contributed by atoms with van der Waals surface area (Å²) in [7, 11) is 0. The van der Waals surface area contributed by atoms with Gasteiger partial charge in [0.15, 0.2) is 0 Å². The zero-order valence-corrected chi connectivity index (χ0v) is 16.2. The number of benzene rings is 1.